The SMILES string of the molecule is O=C(O[C@@H]1CCCC[C@@H]1c1c(F)ccc2ccccc12)c1ccc([N+](=O)[O-])cc1. The van der Waals surface area contributed by atoms with Gasteiger partial charge in [-0.1, -0.05) is 36.8 Å². The van der Waals surface area contributed by atoms with Gasteiger partial charge in [0.1, 0.15) is 11.9 Å². The number of halogens is 1. The molecule has 5 nitrogen and oxygen atoms in total. The topological polar surface area (TPSA) is 69.4 Å². The molecule has 1 saturated carbocycles. The molecular weight excluding hydrogens is 373 g/mol. The molecule has 6 heteroatoms. The predicted molar refractivity (Wildman–Crippen MR) is 107 cm³/mol. The lowest BCUT2D eigenvalue weighted by Crippen LogP contribution is -2.29. The molecule has 3 aromatic carbocycles. The van der Waals surface area contributed by atoms with E-state index in [1.807, 2.05) is 24.3 Å². The van der Waals surface area contributed by atoms with E-state index in [-0.39, 0.29) is 23.0 Å². The van der Waals surface area contributed by atoms with E-state index in [4.69, 9.17) is 4.74 Å². The first-order valence-corrected chi connectivity index (χ1v) is 9.67. The number of hydrogen-bond acceptors (Lipinski definition) is 4. The minimum absolute atomic E-state index is 0.0880. The Hall–Kier alpha value is -3.28. The molecule has 0 spiro atoms. The van der Waals surface area contributed by atoms with Crippen molar-refractivity contribution in [1.82, 2.24) is 0 Å². The van der Waals surface area contributed by atoms with Crippen LogP contribution in [0.25, 0.3) is 10.8 Å². The van der Waals surface area contributed by atoms with Crippen LogP contribution >= 0.6 is 0 Å². The molecule has 0 aromatic heterocycles. The van der Waals surface area contributed by atoms with Crippen molar-refractivity contribution in [2.24, 2.45) is 0 Å². The second-order valence-electron chi connectivity index (χ2n) is 7.32. The smallest absolute Gasteiger partial charge is 0.338 e. The summed E-state index contributed by atoms with van der Waals surface area (Å²) in [5.74, 6) is -1.05. The van der Waals surface area contributed by atoms with Gasteiger partial charge < -0.3 is 4.74 Å². The van der Waals surface area contributed by atoms with Crippen molar-refractivity contribution in [3.8, 4) is 0 Å². The van der Waals surface area contributed by atoms with E-state index in [2.05, 4.69) is 0 Å². The number of fused-ring (bicyclic) bond motifs is 1. The first-order valence-electron chi connectivity index (χ1n) is 9.67. The summed E-state index contributed by atoms with van der Waals surface area (Å²) in [5, 5.41) is 12.6. The van der Waals surface area contributed by atoms with Gasteiger partial charge in [-0.2, -0.15) is 0 Å². The third-order valence-corrected chi connectivity index (χ3v) is 5.56. The van der Waals surface area contributed by atoms with E-state index in [1.165, 1.54) is 30.3 Å². The highest BCUT2D eigenvalue weighted by atomic mass is 19.1. The molecule has 29 heavy (non-hydrogen) atoms. The quantitative estimate of drug-likeness (QED) is 0.320. The van der Waals surface area contributed by atoms with Crippen LogP contribution in [0.2, 0.25) is 0 Å². The summed E-state index contributed by atoms with van der Waals surface area (Å²) in [4.78, 5) is 22.9. The third kappa shape index (κ3) is 3.83. The predicted octanol–water partition coefficient (Wildman–Crippen LogP) is 5.77. The van der Waals surface area contributed by atoms with Gasteiger partial charge in [-0.25, -0.2) is 9.18 Å². The molecule has 4 rings (SSSR count). The first kappa shape index (κ1) is 19.1. The molecule has 1 aliphatic carbocycles. The molecule has 0 aliphatic heterocycles. The Morgan fingerprint density at radius 1 is 1.00 bits per heavy atom. The minimum atomic E-state index is -0.544. The maximum Gasteiger partial charge on any atom is 0.338 e. The molecular formula is C23H20FNO4. The molecule has 0 bridgehead atoms. The monoisotopic (exact) mass is 393 g/mol. The standard InChI is InChI=1S/C23H20FNO4/c24-20-14-11-15-5-1-2-6-18(15)22(20)19-7-3-4-8-21(19)29-23(26)16-9-12-17(13-10-16)25(27)28/h1-2,5-6,9-14,19,21H,3-4,7-8H2/t19-,21+/m0/s1. The van der Waals surface area contributed by atoms with Gasteiger partial charge in [-0.3, -0.25) is 10.1 Å². The Labute approximate surface area is 167 Å². The van der Waals surface area contributed by atoms with Gasteiger partial charge in [0.05, 0.1) is 10.5 Å². The van der Waals surface area contributed by atoms with Crippen molar-refractivity contribution in [2.45, 2.75) is 37.7 Å². The zero-order chi connectivity index (χ0) is 20.4. The van der Waals surface area contributed by atoms with Crippen LogP contribution in [-0.4, -0.2) is 17.0 Å². The number of esters is 1. The van der Waals surface area contributed by atoms with Crippen LogP contribution < -0.4 is 0 Å². The molecule has 0 N–H and O–H groups in total. The summed E-state index contributed by atoms with van der Waals surface area (Å²) >= 11 is 0. The average Bonchev–Trinajstić information content (AvgIpc) is 2.74. The molecule has 0 radical (unpaired) electrons. The number of nitro groups is 1. The molecule has 3 aromatic rings. The highest BCUT2D eigenvalue weighted by Crippen LogP contribution is 2.40. The van der Waals surface area contributed by atoms with Crippen LogP contribution in [0.4, 0.5) is 10.1 Å². The molecule has 0 heterocycles. The highest BCUT2D eigenvalue weighted by molar-refractivity contribution is 5.90. The summed E-state index contributed by atoms with van der Waals surface area (Å²) in [7, 11) is 0. The van der Waals surface area contributed by atoms with E-state index in [9.17, 15) is 19.3 Å². The maximum atomic E-state index is 14.9. The van der Waals surface area contributed by atoms with Crippen LogP contribution in [0.3, 0.4) is 0 Å². The van der Waals surface area contributed by atoms with Crippen LogP contribution in [-0.2, 0) is 4.74 Å². The summed E-state index contributed by atoms with van der Waals surface area (Å²) in [6.45, 7) is 0. The number of benzene rings is 3. The molecule has 0 saturated heterocycles. The number of nitrogens with zero attached hydrogens (tertiary/aromatic N) is 1. The fourth-order valence-electron chi connectivity index (χ4n) is 4.14. The Morgan fingerprint density at radius 3 is 2.48 bits per heavy atom. The van der Waals surface area contributed by atoms with E-state index >= 15 is 0 Å². The fraction of sp³-hybridized carbons (Fsp3) is 0.261. The Balaban J connectivity index is 1.62. The first-order chi connectivity index (χ1) is 14.0. The third-order valence-electron chi connectivity index (χ3n) is 5.56. The number of ether oxygens (including phenoxy) is 1. The normalized spacial score (nSPS) is 19.1. The summed E-state index contributed by atoms with van der Waals surface area (Å²) in [6, 6.07) is 16.2. The summed E-state index contributed by atoms with van der Waals surface area (Å²) in [6.07, 6.45) is 2.81. The number of carbonyl (C=O) groups is 1. The fourth-order valence-corrected chi connectivity index (χ4v) is 4.14. The molecule has 1 fully saturated rings. The van der Waals surface area contributed by atoms with Crippen LogP contribution in [0.1, 0.15) is 47.5 Å². The molecule has 148 valence electrons. The number of non-ortho nitro benzene ring substituents is 1. The largest absolute Gasteiger partial charge is 0.458 e. The lowest BCUT2D eigenvalue weighted by Gasteiger charge is -2.32. The molecule has 0 unspecified atom stereocenters. The number of carbonyl (C=O) groups excluding carboxylic acids is 1. The van der Waals surface area contributed by atoms with Crippen molar-refractivity contribution in [2.75, 3.05) is 0 Å². The van der Waals surface area contributed by atoms with Crippen molar-refractivity contribution in [3.63, 3.8) is 0 Å². The second-order valence-corrected chi connectivity index (χ2v) is 7.32. The van der Waals surface area contributed by atoms with E-state index in [0.717, 1.165) is 30.0 Å². The highest BCUT2D eigenvalue weighted by Gasteiger charge is 2.33. The molecule has 0 amide bonds. The van der Waals surface area contributed by atoms with Gasteiger partial charge in [0.15, 0.2) is 0 Å². The second kappa shape index (κ2) is 7.99. The van der Waals surface area contributed by atoms with Gasteiger partial charge >= 0.3 is 5.97 Å². The van der Waals surface area contributed by atoms with E-state index in [0.29, 0.717) is 12.0 Å². The van der Waals surface area contributed by atoms with Crippen molar-refractivity contribution in [1.29, 1.82) is 0 Å². The Bertz CT molecular complexity index is 1060. The number of nitro benzene ring substituents is 1. The summed E-state index contributed by atoms with van der Waals surface area (Å²) in [5.41, 5.74) is 0.762. The number of hydrogen-bond donors (Lipinski definition) is 0. The lowest BCUT2D eigenvalue weighted by atomic mass is 9.79. The van der Waals surface area contributed by atoms with E-state index in [1.54, 1.807) is 6.07 Å². The van der Waals surface area contributed by atoms with Gasteiger partial charge in [-0.15, -0.1) is 0 Å². The van der Waals surface area contributed by atoms with Gasteiger partial charge in [0.2, 0.25) is 0 Å². The van der Waals surface area contributed by atoms with Crippen molar-refractivity contribution < 1.29 is 18.8 Å². The van der Waals surface area contributed by atoms with Crippen molar-refractivity contribution in [3.05, 3.63) is 87.7 Å². The number of rotatable bonds is 4. The van der Waals surface area contributed by atoms with Gasteiger partial charge in [0.25, 0.3) is 5.69 Å². The van der Waals surface area contributed by atoms with Crippen molar-refractivity contribution >= 4 is 22.4 Å². The van der Waals surface area contributed by atoms with Gasteiger partial charge in [0, 0.05) is 23.6 Å². The minimum Gasteiger partial charge on any atom is -0.458 e. The maximum absolute atomic E-state index is 14.9. The molecule has 1 aliphatic rings. The van der Waals surface area contributed by atoms with Crippen LogP contribution in [0.15, 0.2) is 60.7 Å². The zero-order valence-corrected chi connectivity index (χ0v) is 15.7. The Kier molecular flexibility index (Phi) is 5.25. The lowest BCUT2D eigenvalue weighted by molar-refractivity contribution is -0.384. The summed E-state index contributed by atoms with van der Waals surface area (Å²) < 4.78 is 20.6. The average molecular weight is 393 g/mol. The van der Waals surface area contributed by atoms with Gasteiger partial charge in [-0.05, 0) is 48.2 Å². The molecule has 2 atom stereocenters. The van der Waals surface area contributed by atoms with Crippen LogP contribution in [0.5, 0.6) is 0 Å². The van der Waals surface area contributed by atoms with Crippen LogP contribution in [0, 0.1) is 15.9 Å². The zero-order valence-electron chi connectivity index (χ0n) is 15.7. The Morgan fingerprint density at radius 2 is 1.72 bits per heavy atom. The van der Waals surface area contributed by atoms with E-state index < -0.39 is 17.0 Å².